The van der Waals surface area contributed by atoms with Crippen LogP contribution >= 0.6 is 24.8 Å². The van der Waals surface area contributed by atoms with E-state index in [1.165, 1.54) is 5.56 Å². The summed E-state index contributed by atoms with van der Waals surface area (Å²) in [5.74, 6) is 1.31. The molecule has 0 bridgehead atoms. The van der Waals surface area contributed by atoms with Gasteiger partial charge >= 0.3 is 0 Å². The topological polar surface area (TPSA) is 61.3 Å². The van der Waals surface area contributed by atoms with E-state index in [4.69, 9.17) is 16.2 Å². The van der Waals surface area contributed by atoms with Crippen LogP contribution < -0.4 is 16.2 Å². The minimum absolute atomic E-state index is 0. The van der Waals surface area contributed by atoms with E-state index in [0.717, 1.165) is 11.3 Å². The summed E-state index contributed by atoms with van der Waals surface area (Å²) < 4.78 is 5.78. The lowest BCUT2D eigenvalue weighted by Crippen LogP contribution is -1.98. The third-order valence-corrected chi connectivity index (χ3v) is 2.62. The van der Waals surface area contributed by atoms with Crippen molar-refractivity contribution in [3.63, 3.8) is 0 Å². The monoisotopic (exact) mass is 300 g/mol. The molecule has 2 aromatic rings. The Labute approximate surface area is 125 Å². The Bertz CT molecular complexity index is 539. The van der Waals surface area contributed by atoms with Crippen LogP contribution in [0.4, 0.5) is 11.4 Å². The first-order chi connectivity index (χ1) is 8.08. The molecule has 2 aromatic carbocycles. The average molecular weight is 301 g/mol. The molecule has 0 radical (unpaired) electrons. The van der Waals surface area contributed by atoms with Crippen molar-refractivity contribution < 1.29 is 4.74 Å². The second-order valence-electron chi connectivity index (χ2n) is 4.14. The Hall–Kier alpha value is -1.58. The van der Waals surface area contributed by atoms with E-state index in [2.05, 4.69) is 6.07 Å². The van der Waals surface area contributed by atoms with Gasteiger partial charge in [-0.3, -0.25) is 0 Å². The van der Waals surface area contributed by atoms with E-state index in [1.54, 1.807) is 18.2 Å². The molecule has 19 heavy (non-hydrogen) atoms. The lowest BCUT2D eigenvalue weighted by Gasteiger charge is -2.13. The molecule has 0 spiro atoms. The standard InChI is InChI=1S/C14H16N2O.2ClH/c1-9-6-7-13(10(2)8-9)17-14-11(15)4-3-5-12(14)16;;/h3-8H,15-16H2,1-2H3;2*1H. The van der Waals surface area contributed by atoms with Crippen molar-refractivity contribution in [1.29, 1.82) is 0 Å². The van der Waals surface area contributed by atoms with Crippen LogP contribution in [-0.4, -0.2) is 0 Å². The van der Waals surface area contributed by atoms with Crippen molar-refractivity contribution in [3.8, 4) is 11.5 Å². The second kappa shape index (κ2) is 7.12. The van der Waals surface area contributed by atoms with Gasteiger partial charge in [-0.05, 0) is 37.6 Å². The fourth-order valence-electron chi connectivity index (χ4n) is 1.72. The Morgan fingerprint density at radius 2 is 1.47 bits per heavy atom. The van der Waals surface area contributed by atoms with Crippen LogP contribution in [0, 0.1) is 13.8 Å². The number of hydrogen-bond donors (Lipinski definition) is 2. The van der Waals surface area contributed by atoms with Gasteiger partial charge in [0.05, 0.1) is 11.4 Å². The van der Waals surface area contributed by atoms with Crippen molar-refractivity contribution in [2.45, 2.75) is 13.8 Å². The number of nitrogen functional groups attached to an aromatic ring is 2. The smallest absolute Gasteiger partial charge is 0.173 e. The van der Waals surface area contributed by atoms with E-state index in [0.29, 0.717) is 17.1 Å². The summed E-state index contributed by atoms with van der Waals surface area (Å²) in [6.45, 7) is 4.04. The molecule has 0 aliphatic rings. The number of hydrogen-bond acceptors (Lipinski definition) is 3. The molecule has 5 heteroatoms. The maximum absolute atomic E-state index is 5.84. The minimum Gasteiger partial charge on any atom is -0.453 e. The maximum Gasteiger partial charge on any atom is 0.173 e. The Balaban J connectivity index is 0.00000162. The number of ether oxygens (including phenoxy) is 1. The SMILES string of the molecule is Cc1ccc(Oc2c(N)cccc2N)c(C)c1.Cl.Cl. The van der Waals surface area contributed by atoms with E-state index in [9.17, 15) is 0 Å². The number of benzene rings is 2. The third kappa shape index (κ3) is 3.94. The van der Waals surface area contributed by atoms with E-state index >= 15 is 0 Å². The first kappa shape index (κ1) is 17.4. The summed E-state index contributed by atoms with van der Waals surface area (Å²) in [6.07, 6.45) is 0. The third-order valence-electron chi connectivity index (χ3n) is 2.62. The summed E-state index contributed by atoms with van der Waals surface area (Å²) in [7, 11) is 0. The van der Waals surface area contributed by atoms with Gasteiger partial charge in [0.2, 0.25) is 0 Å². The zero-order valence-corrected chi connectivity index (χ0v) is 12.5. The number of nitrogens with two attached hydrogens (primary N) is 2. The highest BCUT2D eigenvalue weighted by Gasteiger charge is 2.08. The fraction of sp³-hybridized carbons (Fsp3) is 0.143. The molecule has 0 amide bonds. The molecule has 0 aliphatic carbocycles. The predicted octanol–water partition coefficient (Wildman–Crippen LogP) is 4.10. The molecular formula is C14H18Cl2N2O. The van der Waals surface area contributed by atoms with Gasteiger partial charge in [-0.2, -0.15) is 0 Å². The van der Waals surface area contributed by atoms with Crippen molar-refractivity contribution in [2.24, 2.45) is 0 Å². The van der Waals surface area contributed by atoms with Gasteiger partial charge in [0.1, 0.15) is 5.75 Å². The van der Waals surface area contributed by atoms with Crippen LogP contribution in [0.15, 0.2) is 36.4 Å². The Morgan fingerprint density at radius 3 is 2.00 bits per heavy atom. The van der Waals surface area contributed by atoms with Gasteiger partial charge in [-0.1, -0.05) is 23.8 Å². The number of para-hydroxylation sites is 1. The zero-order chi connectivity index (χ0) is 12.4. The molecule has 0 aliphatic heterocycles. The first-order valence-electron chi connectivity index (χ1n) is 5.47. The van der Waals surface area contributed by atoms with Gasteiger partial charge in [0, 0.05) is 0 Å². The van der Waals surface area contributed by atoms with Crippen molar-refractivity contribution in [1.82, 2.24) is 0 Å². The normalized spacial score (nSPS) is 9.16. The summed E-state index contributed by atoms with van der Waals surface area (Å²) in [6, 6.07) is 11.3. The molecule has 0 fully saturated rings. The average Bonchev–Trinajstić information content (AvgIpc) is 2.26. The highest BCUT2D eigenvalue weighted by atomic mass is 35.5. The molecule has 4 N–H and O–H groups in total. The lowest BCUT2D eigenvalue weighted by molar-refractivity contribution is 0.483. The summed E-state index contributed by atoms with van der Waals surface area (Å²) in [5.41, 5.74) is 15.0. The Kier molecular flexibility index (Phi) is 6.53. The van der Waals surface area contributed by atoms with Crippen LogP contribution in [0.3, 0.4) is 0 Å². The molecule has 0 unspecified atom stereocenters. The zero-order valence-electron chi connectivity index (χ0n) is 10.8. The van der Waals surface area contributed by atoms with Gasteiger partial charge in [0.15, 0.2) is 5.75 Å². The molecule has 2 rings (SSSR count). The maximum atomic E-state index is 5.84. The molecule has 0 saturated carbocycles. The summed E-state index contributed by atoms with van der Waals surface area (Å²) in [4.78, 5) is 0. The molecule has 104 valence electrons. The number of anilines is 2. The van der Waals surface area contributed by atoms with Crippen LogP contribution in [-0.2, 0) is 0 Å². The van der Waals surface area contributed by atoms with Crippen molar-refractivity contribution in [3.05, 3.63) is 47.5 Å². The van der Waals surface area contributed by atoms with Crippen molar-refractivity contribution >= 4 is 36.2 Å². The molecule has 0 heterocycles. The highest BCUT2D eigenvalue weighted by Crippen LogP contribution is 2.34. The Morgan fingerprint density at radius 1 is 0.895 bits per heavy atom. The second-order valence-corrected chi connectivity index (χ2v) is 4.14. The number of rotatable bonds is 2. The molecule has 0 saturated heterocycles. The minimum atomic E-state index is 0. The van der Waals surface area contributed by atoms with Crippen LogP contribution in [0.1, 0.15) is 11.1 Å². The molecule has 0 atom stereocenters. The van der Waals surface area contributed by atoms with Gasteiger partial charge < -0.3 is 16.2 Å². The van der Waals surface area contributed by atoms with Gasteiger partial charge in [-0.25, -0.2) is 0 Å². The highest BCUT2D eigenvalue weighted by molar-refractivity contribution is 5.85. The quantitative estimate of drug-likeness (QED) is 0.821. The van der Waals surface area contributed by atoms with E-state index < -0.39 is 0 Å². The number of halogens is 2. The first-order valence-corrected chi connectivity index (χ1v) is 5.47. The molecule has 3 nitrogen and oxygen atoms in total. The lowest BCUT2D eigenvalue weighted by atomic mass is 10.1. The molecular weight excluding hydrogens is 283 g/mol. The molecule has 0 aromatic heterocycles. The van der Waals surface area contributed by atoms with Crippen LogP contribution in [0.2, 0.25) is 0 Å². The fourth-order valence-corrected chi connectivity index (χ4v) is 1.72. The van der Waals surface area contributed by atoms with Crippen LogP contribution in [0.25, 0.3) is 0 Å². The predicted molar refractivity (Wildman–Crippen MR) is 85.8 cm³/mol. The number of aryl methyl sites for hydroxylation is 2. The van der Waals surface area contributed by atoms with E-state index in [1.807, 2.05) is 26.0 Å². The summed E-state index contributed by atoms with van der Waals surface area (Å²) in [5, 5.41) is 0. The van der Waals surface area contributed by atoms with Crippen LogP contribution in [0.5, 0.6) is 11.5 Å². The van der Waals surface area contributed by atoms with Gasteiger partial charge in [0.25, 0.3) is 0 Å². The van der Waals surface area contributed by atoms with E-state index in [-0.39, 0.29) is 24.8 Å². The van der Waals surface area contributed by atoms with Crippen molar-refractivity contribution in [2.75, 3.05) is 11.5 Å². The summed E-state index contributed by atoms with van der Waals surface area (Å²) >= 11 is 0. The largest absolute Gasteiger partial charge is 0.453 e. The van der Waals surface area contributed by atoms with Gasteiger partial charge in [-0.15, -0.1) is 24.8 Å².